The Morgan fingerprint density at radius 1 is 1.80 bits per heavy atom. The Kier molecular flexibility index (Phi) is 3.83. The van der Waals surface area contributed by atoms with Crippen LogP contribution in [0, 0.1) is 0 Å². The smallest absolute Gasteiger partial charge is 0.113 e. The van der Waals surface area contributed by atoms with E-state index < -0.39 is 0 Å². The van der Waals surface area contributed by atoms with Gasteiger partial charge in [-0.3, -0.25) is 0 Å². The van der Waals surface area contributed by atoms with E-state index in [9.17, 15) is 0 Å². The lowest BCUT2D eigenvalue weighted by Crippen LogP contribution is -2.03. The van der Waals surface area contributed by atoms with Crippen LogP contribution in [0.4, 0.5) is 0 Å². The second-order valence-corrected chi connectivity index (χ2v) is 3.86. The van der Waals surface area contributed by atoms with Crippen LogP contribution in [0.2, 0.25) is 0 Å². The average Bonchev–Trinajstić information content (AvgIpc) is 2.03. The molecule has 1 heterocycles. The van der Waals surface area contributed by atoms with Crippen molar-refractivity contribution in [3.8, 4) is 0 Å². The zero-order valence-corrected chi connectivity index (χ0v) is 6.99. The van der Waals surface area contributed by atoms with E-state index in [0.29, 0.717) is 0 Å². The Bertz CT molecular complexity index is 160. The molecule has 5 heteroatoms. The molecular weight excluding hydrogens is 169 g/mol. The van der Waals surface area contributed by atoms with Gasteiger partial charge in [-0.1, -0.05) is 0 Å². The predicted octanol–water partition coefficient (Wildman–Crippen LogP) is 0.751. The van der Waals surface area contributed by atoms with Crippen LogP contribution < -0.4 is 5.25 Å². The first-order valence-corrected chi connectivity index (χ1v) is 4.70. The largest absolute Gasteiger partial charge is 0.408 e. The van der Waals surface area contributed by atoms with Crippen LogP contribution in [0.1, 0.15) is 0 Å². The van der Waals surface area contributed by atoms with E-state index in [0.717, 1.165) is 14.1 Å². The van der Waals surface area contributed by atoms with Gasteiger partial charge in [0.1, 0.15) is 6.26 Å². The molecule has 1 rings (SSSR count). The van der Waals surface area contributed by atoms with Crippen molar-refractivity contribution in [2.24, 2.45) is 0 Å². The van der Waals surface area contributed by atoms with E-state index in [1.54, 1.807) is 18.0 Å². The SMILES string of the molecule is OCCSC1=PNOC=C1. The molecule has 0 saturated heterocycles. The third-order valence-electron chi connectivity index (χ3n) is 0.828. The van der Waals surface area contributed by atoms with E-state index >= 15 is 0 Å². The fourth-order valence-corrected chi connectivity index (χ4v) is 1.90. The molecule has 0 radical (unpaired) electrons. The second kappa shape index (κ2) is 4.74. The van der Waals surface area contributed by atoms with Gasteiger partial charge in [0, 0.05) is 14.1 Å². The summed E-state index contributed by atoms with van der Waals surface area (Å²) in [7, 11) is 0.962. The van der Waals surface area contributed by atoms with Gasteiger partial charge in [-0.2, -0.15) is 0 Å². The number of hydrogen-bond donors (Lipinski definition) is 2. The third kappa shape index (κ3) is 2.71. The highest BCUT2D eigenvalue weighted by Gasteiger charge is 1.97. The number of aliphatic hydroxyl groups is 1. The zero-order valence-electron chi connectivity index (χ0n) is 5.28. The van der Waals surface area contributed by atoms with Crippen molar-refractivity contribution in [1.29, 1.82) is 0 Å². The van der Waals surface area contributed by atoms with Gasteiger partial charge < -0.3 is 9.94 Å². The van der Waals surface area contributed by atoms with E-state index in [-0.39, 0.29) is 6.61 Å². The van der Waals surface area contributed by atoms with Crippen molar-refractivity contribution in [1.82, 2.24) is 5.25 Å². The molecule has 10 heavy (non-hydrogen) atoms. The summed E-state index contributed by atoms with van der Waals surface area (Å²) >= 11 is 1.62. The maximum Gasteiger partial charge on any atom is 0.113 e. The summed E-state index contributed by atoms with van der Waals surface area (Å²) in [5.41, 5.74) is 0. The third-order valence-corrected chi connectivity index (χ3v) is 2.87. The first-order valence-electron chi connectivity index (χ1n) is 2.82. The van der Waals surface area contributed by atoms with Crippen LogP contribution in [-0.4, -0.2) is 22.1 Å². The first-order chi connectivity index (χ1) is 4.93. The minimum Gasteiger partial charge on any atom is -0.408 e. The van der Waals surface area contributed by atoms with Gasteiger partial charge in [0.25, 0.3) is 0 Å². The van der Waals surface area contributed by atoms with E-state index in [2.05, 4.69) is 5.25 Å². The summed E-state index contributed by atoms with van der Waals surface area (Å²) in [5.74, 6) is 0.744. The van der Waals surface area contributed by atoms with Gasteiger partial charge in [0.15, 0.2) is 0 Å². The summed E-state index contributed by atoms with van der Waals surface area (Å²) in [6.07, 6.45) is 3.48. The second-order valence-electron chi connectivity index (χ2n) is 1.53. The molecule has 0 aromatic carbocycles. The van der Waals surface area contributed by atoms with Crippen molar-refractivity contribution in [3.05, 3.63) is 12.3 Å². The van der Waals surface area contributed by atoms with E-state index in [1.165, 1.54) is 4.63 Å². The molecule has 0 aromatic rings. The Morgan fingerprint density at radius 2 is 2.70 bits per heavy atom. The van der Waals surface area contributed by atoms with Crippen LogP contribution >= 0.6 is 20.1 Å². The lowest BCUT2D eigenvalue weighted by molar-refractivity contribution is 0.212. The molecule has 0 fully saturated rings. The highest BCUT2D eigenvalue weighted by molar-refractivity contribution is 8.18. The normalized spacial score (nSPS) is 17.9. The standard InChI is InChI=1S/C5H8NO2PS/c7-2-4-10-5-1-3-8-6-9-5/h1,3,6-7H,2,4H2. The fraction of sp³-hybridized carbons (Fsp3) is 0.400. The van der Waals surface area contributed by atoms with Crippen molar-refractivity contribution >= 4 is 24.7 Å². The first kappa shape index (κ1) is 8.08. The lowest BCUT2D eigenvalue weighted by Gasteiger charge is -2.04. The van der Waals surface area contributed by atoms with Crippen LogP contribution in [0.15, 0.2) is 12.3 Å². The van der Waals surface area contributed by atoms with Crippen molar-refractivity contribution in [2.45, 2.75) is 0 Å². The van der Waals surface area contributed by atoms with Crippen LogP contribution in [0.5, 0.6) is 0 Å². The topological polar surface area (TPSA) is 41.5 Å². The monoisotopic (exact) mass is 177 g/mol. The Hall–Kier alpha value is -0.0200. The molecule has 0 atom stereocenters. The highest BCUT2D eigenvalue weighted by Crippen LogP contribution is 2.13. The number of aliphatic hydroxyl groups excluding tert-OH is 1. The minimum absolute atomic E-state index is 0.221. The van der Waals surface area contributed by atoms with Gasteiger partial charge in [0.05, 0.1) is 11.2 Å². The molecule has 1 aliphatic heterocycles. The molecule has 0 aromatic heterocycles. The predicted molar refractivity (Wildman–Crippen MR) is 44.8 cm³/mol. The maximum atomic E-state index is 8.48. The van der Waals surface area contributed by atoms with Crippen LogP contribution in [0.25, 0.3) is 0 Å². The number of rotatable bonds is 3. The molecule has 2 N–H and O–H groups in total. The van der Waals surface area contributed by atoms with Gasteiger partial charge in [-0.05, 0) is 6.08 Å². The van der Waals surface area contributed by atoms with Gasteiger partial charge >= 0.3 is 0 Å². The van der Waals surface area contributed by atoms with Crippen LogP contribution in [0.3, 0.4) is 0 Å². The Labute approximate surface area is 65.3 Å². The summed E-state index contributed by atoms with van der Waals surface area (Å²) in [5, 5.41) is 11.2. The van der Waals surface area contributed by atoms with Gasteiger partial charge in [-0.15, -0.1) is 17.0 Å². The van der Waals surface area contributed by atoms with Gasteiger partial charge in [-0.25, -0.2) is 0 Å². The van der Waals surface area contributed by atoms with Crippen LogP contribution in [-0.2, 0) is 4.84 Å². The molecule has 3 nitrogen and oxygen atoms in total. The summed E-state index contributed by atoms with van der Waals surface area (Å²) in [4.78, 5) is 4.74. The summed E-state index contributed by atoms with van der Waals surface area (Å²) < 4.78 is 1.17. The van der Waals surface area contributed by atoms with Crippen molar-refractivity contribution in [3.63, 3.8) is 0 Å². The molecule has 0 unspecified atom stereocenters. The number of hydrogen-bond acceptors (Lipinski definition) is 4. The quantitative estimate of drug-likeness (QED) is 0.624. The molecule has 56 valence electrons. The zero-order chi connectivity index (χ0) is 7.23. The molecule has 1 aliphatic rings. The molecule has 0 aliphatic carbocycles. The fourth-order valence-electron chi connectivity index (χ4n) is 0.462. The molecular formula is C5H8NO2PS. The molecule has 0 bridgehead atoms. The summed E-state index contributed by atoms with van der Waals surface area (Å²) in [6.45, 7) is 0.221. The molecule has 0 spiro atoms. The number of nitrogens with one attached hydrogen (secondary N) is 1. The Balaban J connectivity index is 2.26. The van der Waals surface area contributed by atoms with Gasteiger partial charge in [0.2, 0.25) is 0 Å². The number of thioether (sulfide) groups is 1. The molecule has 0 amide bonds. The van der Waals surface area contributed by atoms with Crippen molar-refractivity contribution < 1.29 is 9.94 Å². The average molecular weight is 177 g/mol. The van der Waals surface area contributed by atoms with Crippen molar-refractivity contribution in [2.75, 3.05) is 12.4 Å². The maximum absolute atomic E-state index is 8.48. The van der Waals surface area contributed by atoms with E-state index in [1.807, 2.05) is 6.08 Å². The Morgan fingerprint density at radius 3 is 3.30 bits per heavy atom. The molecule has 0 saturated carbocycles. The minimum atomic E-state index is 0.221. The summed E-state index contributed by atoms with van der Waals surface area (Å²) in [6, 6.07) is 0. The highest BCUT2D eigenvalue weighted by atomic mass is 32.2. The lowest BCUT2D eigenvalue weighted by atomic mass is 10.7. The van der Waals surface area contributed by atoms with E-state index in [4.69, 9.17) is 9.94 Å².